The summed E-state index contributed by atoms with van der Waals surface area (Å²) in [5, 5.41) is 0. The van der Waals surface area contributed by atoms with E-state index in [1.807, 2.05) is 12.1 Å². The van der Waals surface area contributed by atoms with Crippen LogP contribution in [0.1, 0.15) is 20.7 Å². The van der Waals surface area contributed by atoms with Crippen LogP contribution in [-0.2, 0) is 0 Å². The van der Waals surface area contributed by atoms with E-state index in [-0.39, 0.29) is 11.8 Å². The van der Waals surface area contributed by atoms with Gasteiger partial charge in [0, 0.05) is 9.26 Å². The van der Waals surface area contributed by atoms with Crippen LogP contribution in [0.4, 0.5) is 11.4 Å². The number of nitrogen functional groups attached to an aromatic ring is 1. The predicted molar refractivity (Wildman–Crippen MR) is 108 cm³/mol. The van der Waals surface area contributed by atoms with Crippen molar-refractivity contribution in [1.29, 1.82) is 0 Å². The number of hydrogen-bond acceptors (Lipinski definition) is 4. The van der Waals surface area contributed by atoms with Crippen LogP contribution in [0.25, 0.3) is 0 Å². The summed E-state index contributed by atoms with van der Waals surface area (Å²) in [7, 11) is 0. The lowest BCUT2D eigenvalue weighted by Crippen LogP contribution is -2.29. The van der Waals surface area contributed by atoms with Gasteiger partial charge in [0.05, 0.1) is 16.8 Å². The number of imide groups is 1. The van der Waals surface area contributed by atoms with E-state index in [1.165, 1.54) is 4.90 Å². The lowest BCUT2D eigenvalue weighted by Gasteiger charge is -2.13. The smallest absolute Gasteiger partial charge is 0.266 e. The molecule has 3 aromatic carbocycles. The van der Waals surface area contributed by atoms with Gasteiger partial charge in [0.1, 0.15) is 11.5 Å². The van der Waals surface area contributed by atoms with Gasteiger partial charge in [-0.3, -0.25) is 9.59 Å². The Bertz CT molecular complexity index is 1010. The van der Waals surface area contributed by atoms with Crippen LogP contribution in [0, 0.1) is 3.57 Å². The fraction of sp³-hybridized carbons (Fsp3) is 0. The van der Waals surface area contributed by atoms with Gasteiger partial charge >= 0.3 is 0 Å². The summed E-state index contributed by atoms with van der Waals surface area (Å²) < 4.78 is 6.79. The largest absolute Gasteiger partial charge is 0.457 e. The van der Waals surface area contributed by atoms with Gasteiger partial charge < -0.3 is 10.5 Å². The van der Waals surface area contributed by atoms with Crippen LogP contribution in [0.15, 0.2) is 66.7 Å². The molecule has 0 aliphatic carbocycles. The molecule has 1 heterocycles. The van der Waals surface area contributed by atoms with Crippen LogP contribution in [0.2, 0.25) is 0 Å². The van der Waals surface area contributed by atoms with Crippen LogP contribution < -0.4 is 15.4 Å². The molecule has 0 fully saturated rings. The van der Waals surface area contributed by atoms with Gasteiger partial charge in [-0.25, -0.2) is 4.90 Å². The van der Waals surface area contributed by atoms with Crippen LogP contribution in [0.3, 0.4) is 0 Å². The molecule has 0 saturated heterocycles. The Hall–Kier alpha value is -2.87. The van der Waals surface area contributed by atoms with E-state index in [9.17, 15) is 9.59 Å². The number of fused-ring (bicyclic) bond motifs is 1. The number of amides is 2. The Kier molecular flexibility index (Phi) is 4.12. The second-order valence-electron chi connectivity index (χ2n) is 5.80. The van der Waals surface area contributed by atoms with Crippen molar-refractivity contribution in [2.45, 2.75) is 0 Å². The monoisotopic (exact) mass is 456 g/mol. The number of ether oxygens (including phenoxy) is 1. The summed E-state index contributed by atoms with van der Waals surface area (Å²) in [6, 6.07) is 19.1. The van der Waals surface area contributed by atoms with E-state index < -0.39 is 0 Å². The minimum absolute atomic E-state index is 0.328. The summed E-state index contributed by atoms with van der Waals surface area (Å²) in [4.78, 5) is 26.6. The maximum absolute atomic E-state index is 12.8. The summed E-state index contributed by atoms with van der Waals surface area (Å²) in [5.41, 5.74) is 7.56. The number of halogens is 1. The standard InChI is InChI=1S/C20H13IN2O3/c21-12-1-5-14(6-2-12)23-19(24)17-10-9-16(11-18(17)20(23)25)26-15-7-3-13(22)4-8-15/h1-11H,22H2. The van der Waals surface area contributed by atoms with Crippen molar-refractivity contribution in [1.82, 2.24) is 0 Å². The molecule has 2 amide bonds. The Morgan fingerprint density at radius 3 is 2.08 bits per heavy atom. The highest BCUT2D eigenvalue weighted by atomic mass is 127. The first-order chi connectivity index (χ1) is 12.5. The lowest BCUT2D eigenvalue weighted by molar-refractivity contribution is 0.0926. The number of anilines is 2. The molecule has 2 N–H and O–H groups in total. The highest BCUT2D eigenvalue weighted by Gasteiger charge is 2.36. The third kappa shape index (κ3) is 2.92. The average molecular weight is 456 g/mol. The molecule has 4 rings (SSSR count). The molecule has 3 aromatic rings. The van der Waals surface area contributed by atoms with Crippen molar-refractivity contribution < 1.29 is 14.3 Å². The highest BCUT2D eigenvalue weighted by Crippen LogP contribution is 2.32. The molecule has 5 nitrogen and oxygen atoms in total. The molecule has 0 unspecified atom stereocenters. The quantitative estimate of drug-likeness (QED) is 0.359. The number of nitrogens with zero attached hydrogens (tertiary/aromatic N) is 1. The normalized spacial score (nSPS) is 13.0. The molecule has 1 aliphatic heterocycles. The maximum Gasteiger partial charge on any atom is 0.266 e. The van der Waals surface area contributed by atoms with Gasteiger partial charge in [0.25, 0.3) is 11.8 Å². The molecular weight excluding hydrogens is 443 g/mol. The molecule has 0 bridgehead atoms. The van der Waals surface area contributed by atoms with Gasteiger partial charge in [-0.15, -0.1) is 0 Å². The minimum atomic E-state index is -0.353. The van der Waals surface area contributed by atoms with E-state index in [2.05, 4.69) is 22.6 Å². The van der Waals surface area contributed by atoms with Crippen molar-refractivity contribution in [2.24, 2.45) is 0 Å². The Labute approximate surface area is 163 Å². The number of carbonyl (C=O) groups excluding carboxylic acids is 2. The summed E-state index contributed by atoms with van der Waals surface area (Å²) >= 11 is 2.17. The number of nitrogens with two attached hydrogens (primary N) is 1. The molecular formula is C20H13IN2O3. The second kappa shape index (κ2) is 6.45. The van der Waals surface area contributed by atoms with Gasteiger partial charge in [-0.2, -0.15) is 0 Å². The SMILES string of the molecule is Nc1ccc(Oc2ccc3c(c2)C(=O)N(c2ccc(I)cc2)C3=O)cc1. The average Bonchev–Trinajstić information content (AvgIpc) is 2.89. The maximum atomic E-state index is 12.8. The zero-order valence-electron chi connectivity index (χ0n) is 13.5. The Morgan fingerprint density at radius 1 is 0.769 bits per heavy atom. The first-order valence-corrected chi connectivity index (χ1v) is 8.92. The zero-order chi connectivity index (χ0) is 18.3. The molecule has 1 aliphatic rings. The number of hydrogen-bond donors (Lipinski definition) is 1. The molecule has 0 saturated carbocycles. The molecule has 0 spiro atoms. The first kappa shape index (κ1) is 16.6. The topological polar surface area (TPSA) is 72.6 Å². The molecule has 6 heteroatoms. The van der Waals surface area contributed by atoms with Gasteiger partial charge in [-0.1, -0.05) is 0 Å². The molecule has 26 heavy (non-hydrogen) atoms. The number of rotatable bonds is 3. The predicted octanol–water partition coefficient (Wildman–Crippen LogP) is 4.47. The summed E-state index contributed by atoms with van der Waals surface area (Å²) in [6.07, 6.45) is 0. The van der Waals surface area contributed by atoms with Gasteiger partial charge in [-0.05, 0) is 89.3 Å². The van der Waals surface area contributed by atoms with Crippen LogP contribution in [-0.4, -0.2) is 11.8 Å². The van der Waals surface area contributed by atoms with E-state index >= 15 is 0 Å². The second-order valence-corrected chi connectivity index (χ2v) is 7.05. The minimum Gasteiger partial charge on any atom is -0.457 e. The zero-order valence-corrected chi connectivity index (χ0v) is 15.6. The fourth-order valence-corrected chi connectivity index (χ4v) is 3.14. The summed E-state index contributed by atoms with van der Waals surface area (Å²) in [5.74, 6) is 0.406. The Morgan fingerprint density at radius 2 is 1.38 bits per heavy atom. The highest BCUT2D eigenvalue weighted by molar-refractivity contribution is 14.1. The Balaban J connectivity index is 1.65. The molecule has 0 atom stereocenters. The van der Waals surface area contributed by atoms with Crippen molar-refractivity contribution >= 4 is 45.8 Å². The van der Waals surface area contributed by atoms with E-state index in [4.69, 9.17) is 10.5 Å². The van der Waals surface area contributed by atoms with Crippen molar-refractivity contribution in [3.05, 3.63) is 81.4 Å². The molecule has 0 aromatic heterocycles. The van der Waals surface area contributed by atoms with Crippen molar-refractivity contribution in [2.75, 3.05) is 10.6 Å². The first-order valence-electron chi connectivity index (χ1n) is 7.85. The van der Waals surface area contributed by atoms with Gasteiger partial charge in [0.15, 0.2) is 0 Å². The number of carbonyl (C=O) groups is 2. The third-order valence-corrected chi connectivity index (χ3v) is 4.78. The van der Waals surface area contributed by atoms with E-state index in [0.717, 1.165) is 3.57 Å². The number of benzene rings is 3. The summed E-state index contributed by atoms with van der Waals surface area (Å²) in [6.45, 7) is 0. The van der Waals surface area contributed by atoms with E-state index in [0.29, 0.717) is 34.0 Å². The molecule has 0 radical (unpaired) electrons. The fourth-order valence-electron chi connectivity index (χ4n) is 2.78. The molecule has 128 valence electrons. The van der Waals surface area contributed by atoms with Crippen molar-refractivity contribution in [3.63, 3.8) is 0 Å². The van der Waals surface area contributed by atoms with Gasteiger partial charge in [0.2, 0.25) is 0 Å². The van der Waals surface area contributed by atoms with Crippen LogP contribution >= 0.6 is 22.6 Å². The van der Waals surface area contributed by atoms with Crippen molar-refractivity contribution in [3.8, 4) is 11.5 Å². The lowest BCUT2D eigenvalue weighted by atomic mass is 10.1. The van der Waals surface area contributed by atoms with E-state index in [1.54, 1.807) is 54.6 Å². The third-order valence-electron chi connectivity index (χ3n) is 4.06. The van der Waals surface area contributed by atoms with Crippen LogP contribution in [0.5, 0.6) is 11.5 Å².